The number of fused-ring (bicyclic) bond motifs is 2. The number of rotatable bonds is 1. The van der Waals surface area contributed by atoms with E-state index in [1.165, 1.54) is 25.7 Å². The SMILES string of the molecule is CN1CC2(CCNCC2)C[C@H]1C(=O)N1CCC2(CCc3ccccc32)CC1. The van der Waals surface area contributed by atoms with Crippen molar-refractivity contribution >= 4 is 5.91 Å². The van der Waals surface area contributed by atoms with Crippen molar-refractivity contribution in [3.8, 4) is 0 Å². The van der Waals surface area contributed by atoms with Crippen molar-refractivity contribution in [3.05, 3.63) is 35.4 Å². The van der Waals surface area contributed by atoms with Gasteiger partial charge >= 0.3 is 0 Å². The Morgan fingerprint density at radius 3 is 2.59 bits per heavy atom. The number of hydrogen-bond donors (Lipinski definition) is 1. The lowest BCUT2D eigenvalue weighted by atomic mass is 9.73. The lowest BCUT2D eigenvalue weighted by molar-refractivity contribution is -0.137. The third-order valence-corrected chi connectivity index (χ3v) is 8.19. The molecule has 3 saturated heterocycles. The monoisotopic (exact) mass is 367 g/mol. The molecule has 146 valence electrons. The molecular weight excluding hydrogens is 334 g/mol. The Labute approximate surface area is 163 Å². The lowest BCUT2D eigenvalue weighted by Crippen LogP contribution is -2.50. The number of carbonyl (C=O) groups is 1. The van der Waals surface area contributed by atoms with Crippen LogP contribution in [-0.4, -0.2) is 61.5 Å². The molecule has 27 heavy (non-hydrogen) atoms. The highest BCUT2D eigenvalue weighted by molar-refractivity contribution is 5.82. The summed E-state index contributed by atoms with van der Waals surface area (Å²) in [4.78, 5) is 17.9. The van der Waals surface area contributed by atoms with Gasteiger partial charge in [-0.05, 0) is 87.0 Å². The Morgan fingerprint density at radius 1 is 1.07 bits per heavy atom. The summed E-state index contributed by atoms with van der Waals surface area (Å²) in [5.74, 6) is 0.397. The fourth-order valence-corrected chi connectivity index (χ4v) is 6.51. The maximum atomic E-state index is 13.4. The van der Waals surface area contributed by atoms with E-state index >= 15 is 0 Å². The summed E-state index contributed by atoms with van der Waals surface area (Å²) in [6.45, 7) is 5.19. The number of hydrogen-bond acceptors (Lipinski definition) is 3. The van der Waals surface area contributed by atoms with Crippen molar-refractivity contribution in [1.82, 2.24) is 15.1 Å². The molecule has 1 N–H and O–H groups in total. The number of benzene rings is 1. The summed E-state index contributed by atoms with van der Waals surface area (Å²) in [6.07, 6.45) is 8.28. The van der Waals surface area contributed by atoms with Gasteiger partial charge in [-0.15, -0.1) is 0 Å². The minimum absolute atomic E-state index is 0.105. The van der Waals surface area contributed by atoms with Gasteiger partial charge in [0.25, 0.3) is 0 Å². The molecule has 3 aliphatic heterocycles. The van der Waals surface area contributed by atoms with Gasteiger partial charge in [0, 0.05) is 19.6 Å². The number of carbonyl (C=O) groups excluding carboxylic acids is 1. The highest BCUT2D eigenvalue weighted by Gasteiger charge is 2.48. The molecule has 2 spiro atoms. The minimum atomic E-state index is 0.105. The molecule has 0 radical (unpaired) electrons. The van der Waals surface area contributed by atoms with E-state index in [4.69, 9.17) is 0 Å². The molecule has 4 nitrogen and oxygen atoms in total. The molecule has 0 aromatic heterocycles. The summed E-state index contributed by atoms with van der Waals surface area (Å²) in [5, 5.41) is 3.48. The van der Waals surface area contributed by atoms with Crippen LogP contribution in [0, 0.1) is 5.41 Å². The van der Waals surface area contributed by atoms with Gasteiger partial charge in [0.05, 0.1) is 6.04 Å². The van der Waals surface area contributed by atoms with E-state index in [1.807, 2.05) is 0 Å². The van der Waals surface area contributed by atoms with Gasteiger partial charge in [-0.1, -0.05) is 24.3 Å². The first-order valence-electron chi connectivity index (χ1n) is 10.9. The minimum Gasteiger partial charge on any atom is -0.341 e. The number of aryl methyl sites for hydroxylation is 1. The zero-order valence-corrected chi connectivity index (χ0v) is 16.7. The molecule has 0 bridgehead atoms. The largest absolute Gasteiger partial charge is 0.341 e. The van der Waals surface area contributed by atoms with Gasteiger partial charge in [-0.3, -0.25) is 9.69 Å². The highest BCUT2D eigenvalue weighted by atomic mass is 16.2. The van der Waals surface area contributed by atoms with E-state index in [1.54, 1.807) is 11.1 Å². The fourth-order valence-electron chi connectivity index (χ4n) is 6.51. The van der Waals surface area contributed by atoms with Gasteiger partial charge in [0.1, 0.15) is 0 Å². The van der Waals surface area contributed by atoms with Crippen LogP contribution in [0.25, 0.3) is 0 Å². The highest BCUT2D eigenvalue weighted by Crippen LogP contribution is 2.47. The fraction of sp³-hybridized carbons (Fsp3) is 0.696. The molecule has 1 atom stereocenters. The van der Waals surface area contributed by atoms with Gasteiger partial charge in [0.15, 0.2) is 0 Å². The van der Waals surface area contributed by atoms with Crippen LogP contribution in [0.5, 0.6) is 0 Å². The van der Waals surface area contributed by atoms with Crippen molar-refractivity contribution in [3.63, 3.8) is 0 Å². The van der Waals surface area contributed by atoms with E-state index in [0.717, 1.165) is 52.0 Å². The first kappa shape index (κ1) is 17.7. The second-order valence-corrected chi connectivity index (χ2v) is 9.65. The number of piperidine rings is 2. The average Bonchev–Trinajstić information content (AvgIpc) is 3.21. The number of amides is 1. The molecule has 4 aliphatic rings. The first-order chi connectivity index (χ1) is 13.1. The van der Waals surface area contributed by atoms with Crippen molar-refractivity contribution in [2.24, 2.45) is 5.41 Å². The molecule has 0 saturated carbocycles. The van der Waals surface area contributed by atoms with Crippen molar-refractivity contribution in [2.45, 2.75) is 56.4 Å². The average molecular weight is 368 g/mol. The molecule has 1 aromatic carbocycles. The third kappa shape index (κ3) is 2.92. The summed E-state index contributed by atoms with van der Waals surface area (Å²) < 4.78 is 0. The van der Waals surface area contributed by atoms with E-state index < -0.39 is 0 Å². The maximum Gasteiger partial charge on any atom is 0.239 e. The Bertz CT molecular complexity index is 716. The van der Waals surface area contributed by atoms with Crippen LogP contribution >= 0.6 is 0 Å². The summed E-state index contributed by atoms with van der Waals surface area (Å²) in [7, 11) is 2.16. The second-order valence-electron chi connectivity index (χ2n) is 9.65. The number of likely N-dealkylation sites (tertiary alicyclic amines) is 2. The predicted octanol–water partition coefficient (Wildman–Crippen LogP) is 2.57. The van der Waals surface area contributed by atoms with E-state index in [2.05, 4.69) is 46.4 Å². The van der Waals surface area contributed by atoms with Crippen LogP contribution in [0.4, 0.5) is 0 Å². The molecule has 3 fully saturated rings. The van der Waals surface area contributed by atoms with Gasteiger partial charge < -0.3 is 10.2 Å². The first-order valence-corrected chi connectivity index (χ1v) is 10.9. The van der Waals surface area contributed by atoms with Crippen LogP contribution in [0.3, 0.4) is 0 Å². The van der Waals surface area contributed by atoms with Crippen LogP contribution in [0.15, 0.2) is 24.3 Å². The Kier molecular flexibility index (Phi) is 4.32. The Hall–Kier alpha value is -1.39. The molecule has 5 rings (SSSR count). The maximum absolute atomic E-state index is 13.4. The molecular formula is C23H33N3O. The topological polar surface area (TPSA) is 35.6 Å². The summed E-state index contributed by atoms with van der Waals surface area (Å²) in [6, 6.07) is 9.10. The predicted molar refractivity (Wildman–Crippen MR) is 108 cm³/mol. The molecule has 3 heterocycles. The number of nitrogens with zero attached hydrogens (tertiary/aromatic N) is 2. The normalized spacial score (nSPS) is 29.4. The van der Waals surface area contributed by atoms with Crippen molar-refractivity contribution in [1.29, 1.82) is 0 Å². The van der Waals surface area contributed by atoms with E-state index in [0.29, 0.717) is 16.7 Å². The quantitative estimate of drug-likeness (QED) is 0.829. The molecule has 1 aliphatic carbocycles. The zero-order chi connectivity index (χ0) is 18.5. The van der Waals surface area contributed by atoms with Crippen LogP contribution in [0.1, 0.15) is 49.7 Å². The molecule has 1 amide bonds. The van der Waals surface area contributed by atoms with Crippen LogP contribution < -0.4 is 5.32 Å². The van der Waals surface area contributed by atoms with Crippen molar-refractivity contribution < 1.29 is 4.79 Å². The van der Waals surface area contributed by atoms with Crippen LogP contribution in [-0.2, 0) is 16.6 Å². The Morgan fingerprint density at radius 2 is 1.81 bits per heavy atom. The Balaban J connectivity index is 1.26. The van der Waals surface area contributed by atoms with E-state index in [-0.39, 0.29) is 6.04 Å². The van der Waals surface area contributed by atoms with E-state index in [9.17, 15) is 4.79 Å². The van der Waals surface area contributed by atoms with Crippen LogP contribution in [0.2, 0.25) is 0 Å². The molecule has 1 aromatic rings. The number of likely N-dealkylation sites (N-methyl/N-ethyl adjacent to an activating group) is 1. The zero-order valence-electron chi connectivity index (χ0n) is 16.7. The summed E-state index contributed by atoms with van der Waals surface area (Å²) >= 11 is 0. The van der Waals surface area contributed by atoms with Crippen molar-refractivity contribution in [2.75, 3.05) is 39.8 Å². The molecule has 4 heteroatoms. The smallest absolute Gasteiger partial charge is 0.239 e. The van der Waals surface area contributed by atoms with Gasteiger partial charge in [-0.25, -0.2) is 0 Å². The lowest BCUT2D eigenvalue weighted by Gasteiger charge is -2.41. The van der Waals surface area contributed by atoms with Gasteiger partial charge in [0.2, 0.25) is 5.91 Å². The molecule has 0 unspecified atom stereocenters. The standard InChI is InChI=1S/C23H33N3O/c1-25-17-22(8-12-24-13-9-22)16-20(25)21(27)26-14-10-23(11-15-26)7-6-18-4-2-3-5-19(18)23/h2-5,20,24H,6-17H2,1H3/t20-/m0/s1. The second kappa shape index (κ2) is 6.59. The number of nitrogens with one attached hydrogen (secondary N) is 1. The summed E-state index contributed by atoms with van der Waals surface area (Å²) in [5.41, 5.74) is 3.83. The van der Waals surface area contributed by atoms with Gasteiger partial charge in [-0.2, -0.15) is 0 Å². The third-order valence-electron chi connectivity index (χ3n) is 8.19.